The van der Waals surface area contributed by atoms with Crippen molar-refractivity contribution >= 4 is 11.9 Å². The molecule has 1 aliphatic rings. The molecule has 0 aliphatic heterocycles. The topological polar surface area (TPSA) is 67.4 Å². The predicted octanol–water partition coefficient (Wildman–Crippen LogP) is 3.05. The summed E-state index contributed by atoms with van der Waals surface area (Å²) >= 11 is 0. The molecule has 0 radical (unpaired) electrons. The van der Waals surface area contributed by atoms with Crippen LogP contribution in [-0.2, 0) is 9.53 Å². The monoisotopic (exact) mass is 302 g/mol. The summed E-state index contributed by atoms with van der Waals surface area (Å²) in [5.41, 5.74) is 6.52. The van der Waals surface area contributed by atoms with Gasteiger partial charge in [-0.3, -0.25) is 10.2 Å². The fourth-order valence-electron chi connectivity index (χ4n) is 2.38. The van der Waals surface area contributed by atoms with Crippen LogP contribution in [0, 0.1) is 0 Å². The Bertz CT molecular complexity index is 573. The summed E-state index contributed by atoms with van der Waals surface area (Å²) in [5, 5.41) is 0. The molecule has 0 fully saturated rings. The van der Waals surface area contributed by atoms with E-state index in [1.54, 1.807) is 20.8 Å². The summed E-state index contributed by atoms with van der Waals surface area (Å²) < 4.78 is 5.14. The summed E-state index contributed by atoms with van der Waals surface area (Å²) in [6.45, 7) is 5.38. The number of nitrogens with one attached hydrogen (secondary N) is 2. The minimum absolute atomic E-state index is 0.0496. The van der Waals surface area contributed by atoms with Crippen LogP contribution in [0.4, 0.5) is 4.79 Å². The van der Waals surface area contributed by atoms with Crippen LogP contribution in [0.3, 0.4) is 0 Å². The van der Waals surface area contributed by atoms with Crippen LogP contribution < -0.4 is 10.9 Å². The summed E-state index contributed by atoms with van der Waals surface area (Å²) in [4.78, 5) is 23.5. The lowest BCUT2D eigenvalue weighted by Gasteiger charge is -2.24. The Kier molecular flexibility index (Phi) is 4.85. The van der Waals surface area contributed by atoms with Gasteiger partial charge in [-0.05, 0) is 38.7 Å². The number of carbonyl (C=O) groups excluding carboxylic acids is 2. The fourth-order valence-corrected chi connectivity index (χ4v) is 2.38. The molecule has 22 heavy (non-hydrogen) atoms. The van der Waals surface area contributed by atoms with E-state index in [1.165, 1.54) is 6.08 Å². The molecular formula is C17H22N2O3. The first-order valence-electron chi connectivity index (χ1n) is 7.37. The van der Waals surface area contributed by atoms with E-state index < -0.39 is 11.7 Å². The number of ether oxygens (including phenoxy) is 1. The summed E-state index contributed by atoms with van der Waals surface area (Å²) in [7, 11) is 0. The van der Waals surface area contributed by atoms with Gasteiger partial charge in [-0.2, -0.15) is 0 Å². The van der Waals surface area contributed by atoms with Crippen molar-refractivity contribution < 1.29 is 14.3 Å². The smallest absolute Gasteiger partial charge is 0.426 e. The van der Waals surface area contributed by atoms with E-state index in [1.807, 2.05) is 30.3 Å². The molecule has 0 unspecified atom stereocenters. The van der Waals surface area contributed by atoms with Gasteiger partial charge in [0.05, 0.1) is 0 Å². The zero-order valence-corrected chi connectivity index (χ0v) is 13.2. The number of ketones is 1. The lowest BCUT2D eigenvalue weighted by Crippen LogP contribution is -2.41. The number of hydrogen-bond acceptors (Lipinski definition) is 4. The van der Waals surface area contributed by atoms with Gasteiger partial charge in [-0.1, -0.05) is 30.3 Å². The highest BCUT2D eigenvalue weighted by atomic mass is 16.6. The van der Waals surface area contributed by atoms with Gasteiger partial charge in [-0.25, -0.2) is 10.2 Å². The first-order valence-corrected chi connectivity index (χ1v) is 7.37. The highest BCUT2D eigenvalue weighted by molar-refractivity contribution is 5.92. The van der Waals surface area contributed by atoms with Crippen LogP contribution in [0.2, 0.25) is 0 Å². The molecule has 0 saturated heterocycles. The highest BCUT2D eigenvalue weighted by Crippen LogP contribution is 2.29. The Morgan fingerprint density at radius 3 is 2.50 bits per heavy atom. The number of benzene rings is 1. The third kappa shape index (κ3) is 4.91. The highest BCUT2D eigenvalue weighted by Gasteiger charge is 2.23. The fraction of sp³-hybridized carbons (Fsp3) is 0.412. The number of carbonyl (C=O) groups is 2. The second-order valence-electron chi connectivity index (χ2n) is 6.40. The molecule has 118 valence electrons. The quantitative estimate of drug-likeness (QED) is 0.842. The largest absolute Gasteiger partial charge is 0.443 e. The first kappa shape index (κ1) is 16.1. The molecule has 0 aromatic heterocycles. The van der Waals surface area contributed by atoms with Gasteiger partial charge < -0.3 is 4.74 Å². The van der Waals surface area contributed by atoms with Crippen molar-refractivity contribution in [2.45, 2.75) is 45.1 Å². The first-order chi connectivity index (χ1) is 10.3. The molecule has 2 N–H and O–H groups in total. The Morgan fingerprint density at radius 1 is 1.18 bits per heavy atom. The van der Waals surface area contributed by atoms with Gasteiger partial charge in [0, 0.05) is 18.2 Å². The molecule has 2 rings (SSSR count). The van der Waals surface area contributed by atoms with Crippen LogP contribution in [-0.4, -0.2) is 17.5 Å². The van der Waals surface area contributed by atoms with E-state index in [0.29, 0.717) is 18.5 Å². The summed E-state index contributed by atoms with van der Waals surface area (Å²) in [5.74, 6) is 0.176. The van der Waals surface area contributed by atoms with Crippen LogP contribution in [0.1, 0.15) is 45.1 Å². The van der Waals surface area contributed by atoms with Gasteiger partial charge in [0.1, 0.15) is 5.60 Å². The van der Waals surface area contributed by atoms with Gasteiger partial charge in [0.2, 0.25) is 0 Å². The van der Waals surface area contributed by atoms with E-state index in [-0.39, 0.29) is 11.7 Å². The van der Waals surface area contributed by atoms with Crippen molar-refractivity contribution in [3.05, 3.63) is 47.7 Å². The molecule has 0 bridgehead atoms. The minimum atomic E-state index is -0.567. The van der Waals surface area contributed by atoms with Crippen molar-refractivity contribution in [3.8, 4) is 0 Å². The molecule has 5 heteroatoms. The molecule has 1 aromatic rings. The normalized spacial score (nSPS) is 18.4. The maximum Gasteiger partial charge on any atom is 0.426 e. The van der Waals surface area contributed by atoms with Gasteiger partial charge in [0.25, 0.3) is 0 Å². The summed E-state index contributed by atoms with van der Waals surface area (Å²) in [6, 6.07) is 9.91. The van der Waals surface area contributed by atoms with Crippen molar-refractivity contribution in [2.24, 2.45) is 0 Å². The van der Waals surface area contributed by atoms with E-state index in [4.69, 9.17) is 4.74 Å². The van der Waals surface area contributed by atoms with Crippen molar-refractivity contribution in [2.75, 3.05) is 0 Å². The minimum Gasteiger partial charge on any atom is -0.443 e. The average Bonchev–Trinajstić information content (AvgIpc) is 2.44. The standard InChI is InChI=1S/C17H22N2O3/c1-17(2,3)22-16(21)19-18-14-9-13(10-15(20)11-14)12-7-5-4-6-8-12/h4-8,11,13,18H,9-10H2,1-3H3,(H,19,21)/t13-/m0/s1. The molecule has 5 nitrogen and oxygen atoms in total. The van der Waals surface area contributed by atoms with Crippen LogP contribution in [0.25, 0.3) is 0 Å². The number of amides is 1. The number of hydrogen-bond donors (Lipinski definition) is 2. The molecule has 1 aliphatic carbocycles. The van der Waals surface area contributed by atoms with E-state index >= 15 is 0 Å². The van der Waals surface area contributed by atoms with E-state index in [2.05, 4.69) is 10.9 Å². The lowest BCUT2D eigenvalue weighted by atomic mass is 9.86. The van der Waals surface area contributed by atoms with E-state index in [9.17, 15) is 9.59 Å². The molecule has 1 aromatic carbocycles. The molecule has 0 saturated carbocycles. The van der Waals surface area contributed by atoms with Gasteiger partial charge in [0.15, 0.2) is 5.78 Å². The Morgan fingerprint density at radius 2 is 1.86 bits per heavy atom. The van der Waals surface area contributed by atoms with Crippen LogP contribution in [0.5, 0.6) is 0 Å². The molecule has 1 atom stereocenters. The van der Waals surface area contributed by atoms with Crippen LogP contribution in [0.15, 0.2) is 42.1 Å². The van der Waals surface area contributed by atoms with Crippen molar-refractivity contribution in [1.29, 1.82) is 0 Å². The number of allylic oxidation sites excluding steroid dienone is 2. The van der Waals surface area contributed by atoms with E-state index in [0.717, 1.165) is 5.56 Å². The third-order valence-corrected chi connectivity index (χ3v) is 3.24. The second kappa shape index (κ2) is 6.64. The number of hydrazine groups is 1. The van der Waals surface area contributed by atoms with Crippen molar-refractivity contribution in [3.63, 3.8) is 0 Å². The summed E-state index contributed by atoms with van der Waals surface area (Å²) in [6.07, 6.45) is 2.13. The van der Waals surface area contributed by atoms with Gasteiger partial charge in [-0.15, -0.1) is 0 Å². The Labute approximate surface area is 130 Å². The Balaban J connectivity index is 1.94. The Hall–Kier alpha value is -2.30. The molecular weight excluding hydrogens is 280 g/mol. The predicted molar refractivity (Wildman–Crippen MR) is 84.0 cm³/mol. The maximum atomic E-state index is 11.9. The molecule has 0 heterocycles. The third-order valence-electron chi connectivity index (χ3n) is 3.24. The molecule has 1 amide bonds. The molecule has 0 spiro atoms. The van der Waals surface area contributed by atoms with Crippen LogP contribution >= 0.6 is 0 Å². The van der Waals surface area contributed by atoms with Gasteiger partial charge >= 0.3 is 6.09 Å². The SMILES string of the molecule is CC(C)(C)OC(=O)NNC1=CC(=O)C[C@@H](c2ccccc2)C1. The maximum absolute atomic E-state index is 11.9. The van der Waals surface area contributed by atoms with Crippen molar-refractivity contribution in [1.82, 2.24) is 10.9 Å². The number of rotatable bonds is 3. The zero-order valence-electron chi connectivity index (χ0n) is 13.2. The second-order valence-corrected chi connectivity index (χ2v) is 6.40. The lowest BCUT2D eigenvalue weighted by molar-refractivity contribution is -0.115. The zero-order chi connectivity index (χ0) is 16.2. The average molecular weight is 302 g/mol.